The molecular weight excluding hydrogens is 261 g/mol. The number of rotatable bonds is 2. The number of hydrogen-bond donors (Lipinski definition) is 0. The summed E-state index contributed by atoms with van der Waals surface area (Å²) in [7, 11) is 1.70. The van der Waals surface area contributed by atoms with Gasteiger partial charge in [0.2, 0.25) is 0 Å². The lowest BCUT2D eigenvalue weighted by molar-refractivity contribution is 0.0754. The molecule has 1 aromatic rings. The summed E-state index contributed by atoms with van der Waals surface area (Å²) in [6.45, 7) is 3.82. The molecule has 0 aliphatic rings. The molecule has 0 radical (unpaired) electrons. The van der Waals surface area contributed by atoms with Gasteiger partial charge in [0, 0.05) is 18.7 Å². The molecule has 0 atom stereocenters. The fourth-order valence-corrected chi connectivity index (χ4v) is 1.31. The Hall–Kier alpha value is -0.900. The van der Waals surface area contributed by atoms with Gasteiger partial charge in [-0.15, -0.1) is 0 Å². The summed E-state index contributed by atoms with van der Waals surface area (Å²) in [5.74, 6) is -0.589. The maximum atomic E-state index is 13.2. The van der Waals surface area contributed by atoms with Crippen LogP contribution in [-0.4, -0.2) is 23.9 Å². The third-order valence-corrected chi connectivity index (χ3v) is 2.90. The molecule has 2 nitrogen and oxygen atoms in total. The minimum Gasteiger partial charge on any atom is -0.339 e. The summed E-state index contributed by atoms with van der Waals surface area (Å²) in [6.07, 6.45) is 0. The van der Waals surface area contributed by atoms with Crippen molar-refractivity contribution in [3.05, 3.63) is 34.1 Å². The minimum absolute atomic E-state index is 0.101. The summed E-state index contributed by atoms with van der Waals surface area (Å²) < 4.78 is 13.6. The number of carbonyl (C=O) groups excluding carboxylic acids is 1. The van der Waals surface area contributed by atoms with E-state index in [1.165, 1.54) is 12.1 Å². The Kier molecular flexibility index (Phi) is 3.85. The normalized spacial score (nSPS) is 10.5. The second-order valence-corrected chi connectivity index (χ2v) is 4.49. The van der Waals surface area contributed by atoms with E-state index >= 15 is 0 Å². The van der Waals surface area contributed by atoms with E-state index < -0.39 is 5.82 Å². The van der Waals surface area contributed by atoms with Gasteiger partial charge in [0.1, 0.15) is 5.82 Å². The number of amides is 1. The Morgan fingerprint density at radius 2 is 2.07 bits per heavy atom. The first-order chi connectivity index (χ1) is 6.93. The van der Waals surface area contributed by atoms with Crippen LogP contribution >= 0.6 is 15.9 Å². The maximum Gasteiger partial charge on any atom is 0.253 e. The van der Waals surface area contributed by atoms with Gasteiger partial charge in [-0.05, 0) is 48.0 Å². The topological polar surface area (TPSA) is 20.3 Å². The Morgan fingerprint density at radius 3 is 2.53 bits per heavy atom. The highest BCUT2D eigenvalue weighted by Crippen LogP contribution is 2.17. The Balaban J connectivity index is 2.97. The van der Waals surface area contributed by atoms with Crippen LogP contribution in [0.4, 0.5) is 4.39 Å². The first-order valence-electron chi connectivity index (χ1n) is 4.65. The van der Waals surface area contributed by atoms with Crippen LogP contribution in [0.3, 0.4) is 0 Å². The van der Waals surface area contributed by atoms with E-state index in [4.69, 9.17) is 0 Å². The van der Waals surface area contributed by atoms with E-state index in [1.54, 1.807) is 18.0 Å². The zero-order valence-electron chi connectivity index (χ0n) is 8.92. The van der Waals surface area contributed by atoms with Gasteiger partial charge >= 0.3 is 0 Å². The first-order valence-corrected chi connectivity index (χ1v) is 5.45. The Labute approximate surface area is 97.2 Å². The van der Waals surface area contributed by atoms with Gasteiger partial charge in [0.05, 0.1) is 4.47 Å². The summed E-state index contributed by atoms with van der Waals surface area (Å²) in [6, 6.07) is 4.49. The van der Waals surface area contributed by atoms with E-state index in [1.807, 2.05) is 13.8 Å². The van der Waals surface area contributed by atoms with Crippen LogP contribution in [0.1, 0.15) is 24.2 Å². The third-order valence-electron chi connectivity index (χ3n) is 2.26. The molecule has 1 rings (SSSR count). The number of nitrogens with zero attached hydrogens (tertiary/aromatic N) is 1. The van der Waals surface area contributed by atoms with Crippen molar-refractivity contribution in [3.8, 4) is 0 Å². The standard InChI is InChI=1S/C11H13BrFNO/c1-7(2)14(3)11(15)8-4-5-9(12)10(13)6-8/h4-7H,1-3H3. The third kappa shape index (κ3) is 2.78. The lowest BCUT2D eigenvalue weighted by atomic mass is 10.2. The van der Waals surface area contributed by atoms with Crippen molar-refractivity contribution >= 4 is 21.8 Å². The highest BCUT2D eigenvalue weighted by atomic mass is 79.9. The molecule has 0 N–H and O–H groups in total. The van der Waals surface area contributed by atoms with Gasteiger partial charge in [-0.2, -0.15) is 0 Å². The average Bonchev–Trinajstić information content (AvgIpc) is 2.19. The van der Waals surface area contributed by atoms with E-state index in [9.17, 15) is 9.18 Å². The highest BCUT2D eigenvalue weighted by Gasteiger charge is 2.15. The number of benzene rings is 1. The molecule has 0 unspecified atom stereocenters. The molecule has 1 amide bonds. The zero-order chi connectivity index (χ0) is 11.6. The first kappa shape index (κ1) is 12.2. The fourth-order valence-electron chi connectivity index (χ4n) is 1.07. The molecule has 0 aromatic heterocycles. The van der Waals surface area contributed by atoms with Crippen LogP contribution in [0.15, 0.2) is 22.7 Å². The lowest BCUT2D eigenvalue weighted by Crippen LogP contribution is -2.32. The maximum absolute atomic E-state index is 13.2. The molecule has 1 aromatic carbocycles. The lowest BCUT2D eigenvalue weighted by Gasteiger charge is -2.21. The van der Waals surface area contributed by atoms with Crippen LogP contribution in [0.2, 0.25) is 0 Å². The van der Waals surface area contributed by atoms with Gasteiger partial charge in [-0.25, -0.2) is 4.39 Å². The van der Waals surface area contributed by atoms with Crippen molar-refractivity contribution in [2.24, 2.45) is 0 Å². The largest absolute Gasteiger partial charge is 0.339 e. The molecule has 0 aliphatic carbocycles. The van der Waals surface area contributed by atoms with Crippen molar-refractivity contribution in [3.63, 3.8) is 0 Å². The molecular formula is C11H13BrFNO. The molecule has 0 heterocycles. The molecule has 0 aliphatic heterocycles. The quantitative estimate of drug-likeness (QED) is 0.811. The van der Waals surface area contributed by atoms with Crippen molar-refractivity contribution in [2.45, 2.75) is 19.9 Å². The van der Waals surface area contributed by atoms with E-state index in [2.05, 4.69) is 15.9 Å². The van der Waals surface area contributed by atoms with Crippen LogP contribution in [0, 0.1) is 5.82 Å². The number of carbonyl (C=O) groups is 1. The van der Waals surface area contributed by atoms with Crippen molar-refractivity contribution < 1.29 is 9.18 Å². The second kappa shape index (κ2) is 4.75. The molecule has 0 saturated carbocycles. The van der Waals surface area contributed by atoms with Crippen molar-refractivity contribution in [1.29, 1.82) is 0 Å². The molecule has 4 heteroatoms. The van der Waals surface area contributed by atoms with Gasteiger partial charge in [-0.1, -0.05) is 0 Å². The van der Waals surface area contributed by atoms with E-state index in [-0.39, 0.29) is 11.9 Å². The average molecular weight is 274 g/mol. The van der Waals surface area contributed by atoms with Crippen molar-refractivity contribution in [1.82, 2.24) is 4.90 Å². The second-order valence-electron chi connectivity index (χ2n) is 3.64. The Morgan fingerprint density at radius 1 is 1.47 bits per heavy atom. The highest BCUT2D eigenvalue weighted by molar-refractivity contribution is 9.10. The van der Waals surface area contributed by atoms with E-state index in [0.717, 1.165) is 0 Å². The fraction of sp³-hybridized carbons (Fsp3) is 0.364. The van der Waals surface area contributed by atoms with Gasteiger partial charge < -0.3 is 4.90 Å². The predicted octanol–water partition coefficient (Wildman–Crippen LogP) is 3.07. The van der Waals surface area contributed by atoms with Crippen LogP contribution < -0.4 is 0 Å². The van der Waals surface area contributed by atoms with Gasteiger partial charge in [-0.3, -0.25) is 4.79 Å². The monoisotopic (exact) mass is 273 g/mol. The molecule has 0 saturated heterocycles. The van der Waals surface area contributed by atoms with E-state index in [0.29, 0.717) is 10.0 Å². The predicted molar refractivity (Wildman–Crippen MR) is 61.3 cm³/mol. The minimum atomic E-state index is -0.419. The molecule has 0 fully saturated rings. The summed E-state index contributed by atoms with van der Waals surface area (Å²) in [5, 5.41) is 0. The summed E-state index contributed by atoms with van der Waals surface area (Å²) in [5.41, 5.74) is 0.368. The molecule has 0 bridgehead atoms. The molecule has 0 spiro atoms. The summed E-state index contributed by atoms with van der Waals surface area (Å²) >= 11 is 3.04. The summed E-state index contributed by atoms with van der Waals surface area (Å²) in [4.78, 5) is 13.4. The van der Waals surface area contributed by atoms with Gasteiger partial charge in [0.25, 0.3) is 5.91 Å². The van der Waals surface area contributed by atoms with Crippen LogP contribution in [0.5, 0.6) is 0 Å². The SMILES string of the molecule is CC(C)N(C)C(=O)c1ccc(Br)c(F)c1. The van der Waals surface area contributed by atoms with Crippen LogP contribution in [0.25, 0.3) is 0 Å². The zero-order valence-corrected chi connectivity index (χ0v) is 10.5. The number of hydrogen-bond acceptors (Lipinski definition) is 1. The smallest absolute Gasteiger partial charge is 0.253 e. The van der Waals surface area contributed by atoms with Crippen LogP contribution in [-0.2, 0) is 0 Å². The number of halogens is 2. The van der Waals surface area contributed by atoms with Crippen molar-refractivity contribution in [2.75, 3.05) is 7.05 Å². The van der Waals surface area contributed by atoms with Gasteiger partial charge in [0.15, 0.2) is 0 Å². The molecule has 82 valence electrons. The molecule has 15 heavy (non-hydrogen) atoms. The Bertz CT molecular complexity index is 379.